The Bertz CT molecular complexity index is 457. The second-order valence-corrected chi connectivity index (χ2v) is 3.88. The summed E-state index contributed by atoms with van der Waals surface area (Å²) < 4.78 is 9.86. The number of carbonyl (C=O) groups is 2. The quantitative estimate of drug-likeness (QED) is 0.739. The summed E-state index contributed by atoms with van der Waals surface area (Å²) in [6.07, 6.45) is 1.44. The minimum absolute atomic E-state index is 0.221. The molecule has 0 unspecified atom stereocenters. The van der Waals surface area contributed by atoms with Gasteiger partial charge in [-0.15, -0.1) is 0 Å². The van der Waals surface area contributed by atoms with Gasteiger partial charge >= 0.3 is 11.9 Å². The third-order valence-electron chi connectivity index (χ3n) is 2.44. The van der Waals surface area contributed by atoms with Crippen molar-refractivity contribution in [2.75, 3.05) is 13.2 Å². The first-order valence-electron chi connectivity index (χ1n) is 6.48. The second kappa shape index (κ2) is 7.51. The van der Waals surface area contributed by atoms with Crippen molar-refractivity contribution >= 4 is 11.9 Å². The second-order valence-electron chi connectivity index (χ2n) is 3.88. The van der Waals surface area contributed by atoms with E-state index in [1.807, 2.05) is 6.92 Å². The van der Waals surface area contributed by atoms with Crippen molar-refractivity contribution in [3.05, 3.63) is 29.1 Å². The number of hydrogen-bond acceptors (Lipinski definition) is 5. The molecule has 0 atom stereocenters. The van der Waals surface area contributed by atoms with Crippen LogP contribution >= 0.6 is 0 Å². The van der Waals surface area contributed by atoms with Crippen LogP contribution in [0.1, 0.15) is 53.7 Å². The molecule has 0 radical (unpaired) electrons. The largest absolute Gasteiger partial charge is 0.462 e. The van der Waals surface area contributed by atoms with E-state index in [1.54, 1.807) is 19.9 Å². The molecular formula is C14H19NO4. The summed E-state index contributed by atoms with van der Waals surface area (Å²) in [7, 11) is 0. The molecular weight excluding hydrogens is 246 g/mol. The third kappa shape index (κ3) is 4.05. The van der Waals surface area contributed by atoms with E-state index in [2.05, 4.69) is 4.98 Å². The van der Waals surface area contributed by atoms with Gasteiger partial charge in [0.05, 0.1) is 24.5 Å². The number of aryl methyl sites for hydroxylation is 1. The maximum absolute atomic E-state index is 11.8. The van der Waals surface area contributed by atoms with E-state index in [4.69, 9.17) is 9.47 Å². The van der Waals surface area contributed by atoms with Crippen molar-refractivity contribution in [3.63, 3.8) is 0 Å². The lowest BCUT2D eigenvalue weighted by Gasteiger charge is -2.09. The zero-order valence-corrected chi connectivity index (χ0v) is 11.6. The van der Waals surface area contributed by atoms with Gasteiger partial charge in [0.25, 0.3) is 0 Å². The zero-order chi connectivity index (χ0) is 14.3. The summed E-state index contributed by atoms with van der Waals surface area (Å²) >= 11 is 0. The van der Waals surface area contributed by atoms with Crippen LogP contribution in [0.4, 0.5) is 0 Å². The number of hydrogen-bond donors (Lipinski definition) is 0. The predicted molar refractivity (Wildman–Crippen MR) is 70.1 cm³/mol. The Hall–Kier alpha value is -1.91. The molecule has 5 nitrogen and oxygen atoms in total. The first kappa shape index (κ1) is 15.1. The molecule has 0 N–H and O–H groups in total. The number of rotatable bonds is 6. The standard InChI is InChI=1S/C14H19NO4/c1-4-7-11-10(13(16)18-5-2)8-9-12(15-11)14(17)19-6-3/h8-9H,4-7H2,1-3H3. The average Bonchev–Trinajstić information content (AvgIpc) is 2.39. The van der Waals surface area contributed by atoms with Gasteiger partial charge in [0.15, 0.2) is 0 Å². The number of aromatic nitrogens is 1. The van der Waals surface area contributed by atoms with E-state index in [0.717, 1.165) is 6.42 Å². The lowest BCUT2D eigenvalue weighted by Crippen LogP contribution is -2.14. The molecule has 1 aromatic heterocycles. The molecule has 0 saturated carbocycles. The third-order valence-corrected chi connectivity index (χ3v) is 2.44. The van der Waals surface area contributed by atoms with E-state index in [9.17, 15) is 9.59 Å². The fraction of sp³-hybridized carbons (Fsp3) is 0.500. The fourth-order valence-corrected chi connectivity index (χ4v) is 1.64. The average molecular weight is 265 g/mol. The molecule has 1 heterocycles. The summed E-state index contributed by atoms with van der Waals surface area (Å²) in [5.74, 6) is -0.885. The highest BCUT2D eigenvalue weighted by molar-refractivity contribution is 5.92. The fourth-order valence-electron chi connectivity index (χ4n) is 1.64. The maximum Gasteiger partial charge on any atom is 0.356 e. The summed E-state index contributed by atoms with van der Waals surface area (Å²) in [4.78, 5) is 27.6. The van der Waals surface area contributed by atoms with Gasteiger partial charge in [0, 0.05) is 0 Å². The maximum atomic E-state index is 11.8. The highest BCUT2D eigenvalue weighted by atomic mass is 16.5. The molecule has 19 heavy (non-hydrogen) atoms. The lowest BCUT2D eigenvalue weighted by molar-refractivity contribution is 0.0504. The van der Waals surface area contributed by atoms with Gasteiger partial charge in [-0.2, -0.15) is 0 Å². The van der Waals surface area contributed by atoms with Crippen molar-refractivity contribution < 1.29 is 19.1 Å². The van der Waals surface area contributed by atoms with Crippen LogP contribution in [0.2, 0.25) is 0 Å². The summed E-state index contributed by atoms with van der Waals surface area (Å²) in [6, 6.07) is 3.06. The molecule has 0 saturated heterocycles. The molecule has 0 bridgehead atoms. The van der Waals surface area contributed by atoms with Crippen molar-refractivity contribution in [1.29, 1.82) is 0 Å². The van der Waals surface area contributed by atoms with Crippen LogP contribution in [0.5, 0.6) is 0 Å². The minimum atomic E-state index is -0.477. The van der Waals surface area contributed by atoms with E-state index in [0.29, 0.717) is 30.9 Å². The molecule has 5 heteroatoms. The van der Waals surface area contributed by atoms with Crippen molar-refractivity contribution in [2.24, 2.45) is 0 Å². The minimum Gasteiger partial charge on any atom is -0.462 e. The molecule has 0 fully saturated rings. The smallest absolute Gasteiger partial charge is 0.356 e. The molecule has 0 spiro atoms. The Morgan fingerprint density at radius 3 is 2.26 bits per heavy atom. The number of esters is 2. The van der Waals surface area contributed by atoms with Crippen LogP contribution in [0.25, 0.3) is 0 Å². The first-order valence-corrected chi connectivity index (χ1v) is 6.48. The molecule has 1 aromatic rings. The van der Waals surface area contributed by atoms with Crippen molar-refractivity contribution in [3.8, 4) is 0 Å². The van der Waals surface area contributed by atoms with Crippen LogP contribution < -0.4 is 0 Å². The van der Waals surface area contributed by atoms with Crippen LogP contribution in [-0.4, -0.2) is 30.1 Å². The monoisotopic (exact) mass is 265 g/mol. The van der Waals surface area contributed by atoms with Gasteiger partial charge in [0.2, 0.25) is 0 Å². The van der Waals surface area contributed by atoms with Crippen molar-refractivity contribution in [1.82, 2.24) is 4.98 Å². The summed E-state index contributed by atoms with van der Waals surface area (Å²) in [6.45, 7) is 6.07. The van der Waals surface area contributed by atoms with Gasteiger partial charge in [-0.1, -0.05) is 13.3 Å². The number of ether oxygens (including phenoxy) is 2. The SMILES string of the molecule is CCCc1nc(C(=O)OCC)ccc1C(=O)OCC. The Balaban J connectivity index is 3.06. The summed E-state index contributed by atoms with van der Waals surface area (Å²) in [5.41, 5.74) is 1.21. The van der Waals surface area contributed by atoms with Gasteiger partial charge < -0.3 is 9.47 Å². The lowest BCUT2D eigenvalue weighted by atomic mass is 10.1. The molecule has 0 aliphatic carbocycles. The molecule has 0 aliphatic heterocycles. The normalized spacial score (nSPS) is 10.1. The summed E-state index contributed by atoms with van der Waals surface area (Å²) in [5, 5.41) is 0. The highest BCUT2D eigenvalue weighted by Crippen LogP contribution is 2.13. The van der Waals surface area contributed by atoms with Crippen molar-refractivity contribution in [2.45, 2.75) is 33.6 Å². The first-order chi connectivity index (χ1) is 9.13. The van der Waals surface area contributed by atoms with Crippen LogP contribution in [0.3, 0.4) is 0 Å². The van der Waals surface area contributed by atoms with E-state index in [1.165, 1.54) is 6.07 Å². The molecule has 1 rings (SSSR count). The molecule has 104 valence electrons. The highest BCUT2D eigenvalue weighted by Gasteiger charge is 2.17. The number of carbonyl (C=O) groups excluding carboxylic acids is 2. The van der Waals surface area contributed by atoms with Gasteiger partial charge in [-0.05, 0) is 32.4 Å². The molecule has 0 aliphatic rings. The molecule has 0 aromatic carbocycles. The number of nitrogens with zero attached hydrogens (tertiary/aromatic N) is 1. The zero-order valence-electron chi connectivity index (χ0n) is 11.6. The van der Waals surface area contributed by atoms with E-state index < -0.39 is 11.9 Å². The van der Waals surface area contributed by atoms with Crippen LogP contribution in [-0.2, 0) is 15.9 Å². The topological polar surface area (TPSA) is 65.5 Å². The molecule has 0 amide bonds. The van der Waals surface area contributed by atoms with Gasteiger partial charge in [0.1, 0.15) is 5.69 Å². The van der Waals surface area contributed by atoms with E-state index in [-0.39, 0.29) is 5.69 Å². The van der Waals surface area contributed by atoms with Gasteiger partial charge in [-0.3, -0.25) is 0 Å². The predicted octanol–water partition coefficient (Wildman–Crippen LogP) is 2.39. The number of pyridine rings is 1. The van der Waals surface area contributed by atoms with Gasteiger partial charge in [-0.25, -0.2) is 14.6 Å². The Morgan fingerprint density at radius 1 is 1.05 bits per heavy atom. The Labute approximate surface area is 112 Å². The Morgan fingerprint density at radius 2 is 1.68 bits per heavy atom. The van der Waals surface area contributed by atoms with E-state index >= 15 is 0 Å². The van der Waals surface area contributed by atoms with Crippen LogP contribution in [0.15, 0.2) is 12.1 Å². The Kier molecular flexibility index (Phi) is 5.99. The van der Waals surface area contributed by atoms with Crippen LogP contribution in [0, 0.1) is 0 Å².